The van der Waals surface area contributed by atoms with Crippen molar-refractivity contribution in [2.24, 2.45) is 0 Å². The molecule has 0 aliphatic carbocycles. The molecule has 0 saturated carbocycles. The van der Waals surface area contributed by atoms with E-state index in [-0.39, 0.29) is 6.04 Å². The molecule has 7 nitrogen and oxygen atoms in total. The number of para-hydroxylation sites is 1. The second-order valence-electron chi connectivity index (χ2n) is 5.43. The minimum Gasteiger partial charge on any atom is -0.314 e. The van der Waals surface area contributed by atoms with Crippen molar-refractivity contribution >= 4 is 0 Å². The Hall–Kier alpha value is -2.54. The first-order chi connectivity index (χ1) is 11.2. The third kappa shape index (κ3) is 3.29. The van der Waals surface area contributed by atoms with Crippen molar-refractivity contribution in [1.82, 2.24) is 35.1 Å². The van der Waals surface area contributed by atoms with E-state index in [0.29, 0.717) is 6.54 Å². The summed E-state index contributed by atoms with van der Waals surface area (Å²) in [6.07, 6.45) is 1.95. The molecule has 0 unspecified atom stereocenters. The average molecular weight is 311 g/mol. The van der Waals surface area contributed by atoms with Gasteiger partial charge in [0.15, 0.2) is 0 Å². The Morgan fingerprint density at radius 2 is 1.91 bits per heavy atom. The molecule has 2 heterocycles. The van der Waals surface area contributed by atoms with Crippen LogP contribution in [-0.4, -0.2) is 29.8 Å². The molecule has 23 heavy (non-hydrogen) atoms. The number of nitrogens with one attached hydrogen (secondary N) is 1. The number of hydrogen-bond donors (Lipinski definition) is 1. The zero-order valence-corrected chi connectivity index (χ0v) is 13.6. The highest BCUT2D eigenvalue weighted by atomic mass is 15.4. The van der Waals surface area contributed by atoms with Gasteiger partial charge in [0.2, 0.25) is 0 Å². The normalized spacial score (nSPS) is 12.5. The first kappa shape index (κ1) is 15.4. The summed E-state index contributed by atoms with van der Waals surface area (Å²) in [5, 5.41) is 20.2. The van der Waals surface area contributed by atoms with Gasteiger partial charge in [0.25, 0.3) is 0 Å². The first-order valence-corrected chi connectivity index (χ1v) is 7.78. The Balaban J connectivity index is 1.67. The van der Waals surface area contributed by atoms with E-state index in [1.165, 1.54) is 0 Å². The fraction of sp³-hybridized carbons (Fsp3) is 0.375. The Morgan fingerprint density at radius 3 is 2.65 bits per heavy atom. The van der Waals surface area contributed by atoms with Gasteiger partial charge < -0.3 is 9.88 Å². The predicted molar refractivity (Wildman–Crippen MR) is 87.0 cm³/mol. The fourth-order valence-electron chi connectivity index (χ4n) is 2.50. The van der Waals surface area contributed by atoms with Crippen LogP contribution in [0.4, 0.5) is 0 Å². The van der Waals surface area contributed by atoms with Gasteiger partial charge in [0.1, 0.15) is 11.6 Å². The number of aromatic nitrogens is 6. The summed E-state index contributed by atoms with van der Waals surface area (Å²) in [5.74, 6) is 1.87. The molecule has 7 heteroatoms. The zero-order chi connectivity index (χ0) is 16.2. The third-order valence-corrected chi connectivity index (χ3v) is 3.87. The maximum Gasteiger partial charge on any atom is 0.147 e. The molecule has 0 aliphatic rings. The number of hydrogen-bond acceptors (Lipinski definition) is 5. The molecule has 120 valence electrons. The molecule has 0 radical (unpaired) electrons. The Bertz CT molecular complexity index is 760. The number of rotatable bonds is 6. The molecule has 0 spiro atoms. The summed E-state index contributed by atoms with van der Waals surface area (Å²) in [6, 6.07) is 10.0. The van der Waals surface area contributed by atoms with Crippen LogP contribution in [0.15, 0.2) is 36.5 Å². The van der Waals surface area contributed by atoms with Crippen molar-refractivity contribution in [3.8, 4) is 5.69 Å². The van der Waals surface area contributed by atoms with E-state index < -0.39 is 0 Å². The van der Waals surface area contributed by atoms with Gasteiger partial charge in [0.05, 0.1) is 30.2 Å². The van der Waals surface area contributed by atoms with E-state index in [0.717, 1.165) is 29.6 Å². The van der Waals surface area contributed by atoms with Crippen molar-refractivity contribution in [1.29, 1.82) is 0 Å². The minimum absolute atomic E-state index is 0.0785. The Kier molecular flexibility index (Phi) is 4.47. The molecule has 0 bridgehead atoms. The van der Waals surface area contributed by atoms with Crippen LogP contribution in [0.25, 0.3) is 5.69 Å². The minimum atomic E-state index is 0.0785. The van der Waals surface area contributed by atoms with E-state index in [9.17, 15) is 0 Å². The highest BCUT2D eigenvalue weighted by Gasteiger charge is 2.13. The quantitative estimate of drug-likeness (QED) is 0.754. The molecule has 0 amide bonds. The molecule has 0 fully saturated rings. The summed E-state index contributed by atoms with van der Waals surface area (Å²) in [5.41, 5.74) is 1.90. The molecule has 1 aromatic carbocycles. The van der Waals surface area contributed by atoms with Crippen molar-refractivity contribution in [2.75, 3.05) is 0 Å². The molecule has 1 N–H and O–H groups in total. The summed E-state index contributed by atoms with van der Waals surface area (Å²) in [4.78, 5) is 0. The van der Waals surface area contributed by atoms with Crippen LogP contribution >= 0.6 is 0 Å². The molecule has 3 rings (SSSR count). The van der Waals surface area contributed by atoms with Crippen molar-refractivity contribution < 1.29 is 0 Å². The number of benzene rings is 1. The van der Waals surface area contributed by atoms with Gasteiger partial charge in [-0.05, 0) is 32.9 Å². The molecular formula is C16H21N7. The van der Waals surface area contributed by atoms with Crippen LogP contribution in [0.5, 0.6) is 0 Å². The maximum atomic E-state index is 4.26. The van der Waals surface area contributed by atoms with Crippen molar-refractivity contribution in [3.05, 3.63) is 53.9 Å². The van der Waals surface area contributed by atoms with Gasteiger partial charge in [-0.1, -0.05) is 23.4 Å². The second kappa shape index (κ2) is 6.70. The highest BCUT2D eigenvalue weighted by molar-refractivity contribution is 5.30. The Labute approximate surface area is 135 Å². The molecule has 0 aliphatic heterocycles. The van der Waals surface area contributed by atoms with E-state index in [4.69, 9.17) is 0 Å². The standard InChI is InChI=1S/C16H21N7/c1-4-22-13(3)18-20-16(22)10-17-12(2)15-11-23(21-19-15)14-8-6-5-7-9-14/h5-9,11-12,17H,4,10H2,1-3H3/t12-/m1/s1. The molecular weight excluding hydrogens is 290 g/mol. The zero-order valence-electron chi connectivity index (χ0n) is 13.6. The van der Waals surface area contributed by atoms with Crippen LogP contribution in [0.2, 0.25) is 0 Å². The van der Waals surface area contributed by atoms with Crippen LogP contribution in [-0.2, 0) is 13.1 Å². The molecule has 0 saturated heterocycles. The van der Waals surface area contributed by atoms with Crippen LogP contribution < -0.4 is 5.32 Å². The van der Waals surface area contributed by atoms with Gasteiger partial charge in [-0.15, -0.1) is 15.3 Å². The number of aryl methyl sites for hydroxylation is 1. The predicted octanol–water partition coefficient (Wildman–Crippen LogP) is 2.04. The van der Waals surface area contributed by atoms with Gasteiger partial charge in [0, 0.05) is 6.54 Å². The van der Waals surface area contributed by atoms with Gasteiger partial charge in [-0.25, -0.2) is 4.68 Å². The van der Waals surface area contributed by atoms with E-state index in [2.05, 4.69) is 44.2 Å². The maximum absolute atomic E-state index is 4.26. The molecule has 1 atom stereocenters. The summed E-state index contributed by atoms with van der Waals surface area (Å²) in [6.45, 7) is 7.64. The van der Waals surface area contributed by atoms with Gasteiger partial charge >= 0.3 is 0 Å². The first-order valence-electron chi connectivity index (χ1n) is 7.78. The van der Waals surface area contributed by atoms with Gasteiger partial charge in [-0.2, -0.15) is 0 Å². The molecule has 2 aromatic heterocycles. The molecule has 3 aromatic rings. The van der Waals surface area contributed by atoms with Crippen molar-refractivity contribution in [3.63, 3.8) is 0 Å². The smallest absolute Gasteiger partial charge is 0.147 e. The lowest BCUT2D eigenvalue weighted by Crippen LogP contribution is -2.21. The van der Waals surface area contributed by atoms with E-state index >= 15 is 0 Å². The van der Waals surface area contributed by atoms with Crippen LogP contribution in [0.3, 0.4) is 0 Å². The Morgan fingerprint density at radius 1 is 1.13 bits per heavy atom. The monoisotopic (exact) mass is 311 g/mol. The van der Waals surface area contributed by atoms with E-state index in [1.807, 2.05) is 43.5 Å². The topological polar surface area (TPSA) is 73.5 Å². The van der Waals surface area contributed by atoms with Crippen molar-refractivity contribution in [2.45, 2.75) is 39.9 Å². The number of nitrogens with zero attached hydrogens (tertiary/aromatic N) is 6. The summed E-state index contributed by atoms with van der Waals surface area (Å²) < 4.78 is 3.88. The third-order valence-electron chi connectivity index (χ3n) is 3.87. The highest BCUT2D eigenvalue weighted by Crippen LogP contribution is 2.12. The second-order valence-corrected chi connectivity index (χ2v) is 5.43. The van der Waals surface area contributed by atoms with Crippen LogP contribution in [0.1, 0.15) is 37.2 Å². The summed E-state index contributed by atoms with van der Waals surface area (Å²) >= 11 is 0. The fourth-order valence-corrected chi connectivity index (χ4v) is 2.50. The van der Waals surface area contributed by atoms with E-state index in [1.54, 1.807) is 4.68 Å². The van der Waals surface area contributed by atoms with Crippen LogP contribution in [0, 0.1) is 6.92 Å². The lowest BCUT2D eigenvalue weighted by molar-refractivity contribution is 0.527. The largest absolute Gasteiger partial charge is 0.314 e. The SMILES string of the molecule is CCn1c(C)nnc1CN[C@H](C)c1cn(-c2ccccc2)nn1. The average Bonchev–Trinajstić information content (AvgIpc) is 3.20. The lowest BCUT2D eigenvalue weighted by atomic mass is 10.2. The van der Waals surface area contributed by atoms with Gasteiger partial charge in [-0.3, -0.25) is 0 Å². The lowest BCUT2D eigenvalue weighted by Gasteiger charge is -2.11. The summed E-state index contributed by atoms with van der Waals surface area (Å²) in [7, 11) is 0.